The smallest absolute Gasteiger partial charge is 0.341 e. The number of ether oxygens (including phenoxy) is 2. The molecular formula is C20H17ClN2O5. The molecule has 28 heavy (non-hydrogen) atoms. The normalized spacial score (nSPS) is 10.7. The number of nitrogens with one attached hydrogen (secondary N) is 1. The predicted octanol–water partition coefficient (Wildman–Crippen LogP) is 3.67. The SMILES string of the molecule is COc1cc(/C=C(\C#N)C(=O)Nc2cccc(Cl)c2C)ccc1OCC(=O)O. The molecule has 0 radical (unpaired) electrons. The van der Waals surface area contributed by atoms with Crippen LogP contribution in [0.5, 0.6) is 11.5 Å². The number of carboxylic acids is 1. The average Bonchev–Trinajstić information content (AvgIpc) is 2.68. The van der Waals surface area contributed by atoms with Gasteiger partial charge in [0.1, 0.15) is 11.6 Å². The molecule has 144 valence electrons. The summed E-state index contributed by atoms with van der Waals surface area (Å²) in [5, 5.41) is 21.2. The van der Waals surface area contributed by atoms with Crippen molar-refractivity contribution in [2.24, 2.45) is 0 Å². The van der Waals surface area contributed by atoms with E-state index in [9.17, 15) is 14.9 Å². The first-order chi connectivity index (χ1) is 13.3. The van der Waals surface area contributed by atoms with Crippen molar-refractivity contribution in [1.29, 1.82) is 5.26 Å². The Bertz CT molecular complexity index is 979. The number of rotatable bonds is 7. The van der Waals surface area contributed by atoms with Crippen LogP contribution in [-0.4, -0.2) is 30.7 Å². The van der Waals surface area contributed by atoms with Crippen molar-refractivity contribution in [2.45, 2.75) is 6.92 Å². The number of carboxylic acid groups (broad SMARTS) is 1. The van der Waals surface area contributed by atoms with Crippen molar-refractivity contribution >= 4 is 35.2 Å². The first kappa shape index (κ1) is 20.8. The first-order valence-electron chi connectivity index (χ1n) is 8.06. The highest BCUT2D eigenvalue weighted by molar-refractivity contribution is 6.31. The molecule has 0 saturated carbocycles. The molecule has 2 N–H and O–H groups in total. The predicted molar refractivity (Wildman–Crippen MR) is 105 cm³/mol. The van der Waals surface area contributed by atoms with E-state index in [1.165, 1.54) is 25.3 Å². The second-order valence-electron chi connectivity index (χ2n) is 5.63. The summed E-state index contributed by atoms with van der Waals surface area (Å²) in [6.45, 7) is 1.24. The van der Waals surface area contributed by atoms with Crippen molar-refractivity contribution in [3.63, 3.8) is 0 Å². The van der Waals surface area contributed by atoms with E-state index >= 15 is 0 Å². The van der Waals surface area contributed by atoms with E-state index in [0.717, 1.165) is 0 Å². The Morgan fingerprint density at radius 3 is 2.68 bits per heavy atom. The van der Waals surface area contributed by atoms with E-state index in [0.29, 0.717) is 21.8 Å². The highest BCUT2D eigenvalue weighted by Gasteiger charge is 2.13. The molecule has 1 amide bonds. The third-order valence-electron chi connectivity index (χ3n) is 3.73. The van der Waals surface area contributed by atoms with Gasteiger partial charge in [0.15, 0.2) is 18.1 Å². The van der Waals surface area contributed by atoms with Crippen LogP contribution < -0.4 is 14.8 Å². The molecule has 0 fully saturated rings. The van der Waals surface area contributed by atoms with Gasteiger partial charge in [-0.25, -0.2) is 4.79 Å². The third-order valence-corrected chi connectivity index (χ3v) is 4.14. The van der Waals surface area contributed by atoms with E-state index in [2.05, 4.69) is 5.32 Å². The van der Waals surface area contributed by atoms with Gasteiger partial charge in [-0.3, -0.25) is 4.79 Å². The maximum atomic E-state index is 12.4. The van der Waals surface area contributed by atoms with Gasteiger partial charge in [0, 0.05) is 10.7 Å². The molecule has 0 heterocycles. The summed E-state index contributed by atoms with van der Waals surface area (Å²) in [6.07, 6.45) is 1.39. The van der Waals surface area contributed by atoms with Crippen molar-refractivity contribution in [3.8, 4) is 17.6 Å². The van der Waals surface area contributed by atoms with Crippen molar-refractivity contribution in [1.82, 2.24) is 0 Å². The summed E-state index contributed by atoms with van der Waals surface area (Å²) in [4.78, 5) is 23.1. The molecule has 2 rings (SSSR count). The molecule has 8 heteroatoms. The number of anilines is 1. The van der Waals surface area contributed by atoms with Gasteiger partial charge in [0.25, 0.3) is 5.91 Å². The summed E-state index contributed by atoms with van der Waals surface area (Å²) < 4.78 is 10.3. The zero-order valence-corrected chi connectivity index (χ0v) is 15.9. The minimum atomic E-state index is -1.12. The topological polar surface area (TPSA) is 109 Å². The fourth-order valence-corrected chi connectivity index (χ4v) is 2.46. The van der Waals surface area contributed by atoms with Gasteiger partial charge in [-0.2, -0.15) is 5.26 Å². The minimum Gasteiger partial charge on any atom is -0.493 e. The maximum absolute atomic E-state index is 12.4. The van der Waals surface area contributed by atoms with E-state index < -0.39 is 18.5 Å². The van der Waals surface area contributed by atoms with Crippen molar-refractivity contribution in [2.75, 3.05) is 19.0 Å². The maximum Gasteiger partial charge on any atom is 0.341 e. The van der Waals surface area contributed by atoms with Crippen molar-refractivity contribution < 1.29 is 24.2 Å². The molecular weight excluding hydrogens is 384 g/mol. The molecule has 0 bridgehead atoms. The Kier molecular flexibility index (Phi) is 7.02. The van der Waals surface area contributed by atoms with Crippen LogP contribution in [0.1, 0.15) is 11.1 Å². The van der Waals surface area contributed by atoms with Crippen LogP contribution in [0.4, 0.5) is 5.69 Å². The molecule has 0 unspecified atom stereocenters. The largest absolute Gasteiger partial charge is 0.493 e. The summed E-state index contributed by atoms with van der Waals surface area (Å²) >= 11 is 6.04. The molecule has 2 aromatic carbocycles. The molecule has 0 spiro atoms. The molecule has 0 aromatic heterocycles. The monoisotopic (exact) mass is 400 g/mol. The van der Waals surface area contributed by atoms with Crippen LogP contribution in [0.25, 0.3) is 6.08 Å². The third kappa shape index (κ3) is 5.25. The quantitative estimate of drug-likeness (QED) is 0.542. The number of hydrogen-bond donors (Lipinski definition) is 2. The average molecular weight is 401 g/mol. The molecule has 0 aliphatic rings. The molecule has 7 nitrogen and oxygen atoms in total. The number of methoxy groups -OCH3 is 1. The zero-order valence-electron chi connectivity index (χ0n) is 15.2. The Balaban J connectivity index is 2.25. The van der Waals surface area contributed by atoms with Gasteiger partial charge in [0.2, 0.25) is 0 Å². The van der Waals surface area contributed by atoms with Gasteiger partial charge in [0.05, 0.1) is 7.11 Å². The molecule has 0 atom stereocenters. The van der Waals surface area contributed by atoms with Crippen LogP contribution in [-0.2, 0) is 9.59 Å². The van der Waals surface area contributed by atoms with Crippen LogP contribution in [0.15, 0.2) is 42.0 Å². The lowest BCUT2D eigenvalue weighted by atomic mass is 10.1. The number of carbonyl (C=O) groups is 2. The number of carbonyl (C=O) groups excluding carboxylic acids is 1. The number of benzene rings is 2. The Hall–Kier alpha value is -3.50. The number of hydrogen-bond acceptors (Lipinski definition) is 5. The summed E-state index contributed by atoms with van der Waals surface area (Å²) in [5.41, 5.74) is 1.58. The van der Waals surface area contributed by atoms with Crippen LogP contribution >= 0.6 is 11.6 Å². The van der Waals surface area contributed by atoms with Gasteiger partial charge >= 0.3 is 5.97 Å². The van der Waals surface area contributed by atoms with Gasteiger partial charge < -0.3 is 19.9 Å². The second-order valence-corrected chi connectivity index (χ2v) is 6.04. The standard InChI is InChI=1S/C20H17ClN2O5/c1-12-15(21)4-3-5-16(12)23-20(26)14(10-22)8-13-6-7-17(18(9-13)27-2)28-11-19(24)25/h3-9H,11H2,1-2H3,(H,23,26)(H,24,25)/b14-8+. The van der Waals surface area contributed by atoms with Gasteiger partial charge in [-0.15, -0.1) is 0 Å². The fourth-order valence-electron chi connectivity index (χ4n) is 2.28. The lowest BCUT2D eigenvalue weighted by molar-refractivity contribution is -0.139. The van der Waals surface area contributed by atoms with Crippen LogP contribution in [0.3, 0.4) is 0 Å². The minimum absolute atomic E-state index is 0.124. The van der Waals surface area contributed by atoms with Crippen LogP contribution in [0.2, 0.25) is 5.02 Å². The van der Waals surface area contributed by atoms with E-state index in [-0.39, 0.29) is 17.1 Å². The van der Waals surface area contributed by atoms with Crippen molar-refractivity contribution in [3.05, 3.63) is 58.1 Å². The molecule has 0 aliphatic carbocycles. The van der Waals surface area contributed by atoms with Gasteiger partial charge in [-0.05, 0) is 48.4 Å². The Labute approximate surface area is 166 Å². The highest BCUT2D eigenvalue weighted by Crippen LogP contribution is 2.29. The summed E-state index contributed by atoms with van der Waals surface area (Å²) in [5.74, 6) is -1.19. The molecule has 2 aromatic rings. The number of halogens is 1. The number of nitrogens with zero attached hydrogens (tertiary/aromatic N) is 1. The lowest BCUT2D eigenvalue weighted by Crippen LogP contribution is -2.14. The van der Waals surface area contributed by atoms with E-state index in [1.807, 2.05) is 6.07 Å². The van der Waals surface area contributed by atoms with E-state index in [1.54, 1.807) is 31.2 Å². The van der Waals surface area contributed by atoms with Gasteiger partial charge in [-0.1, -0.05) is 23.7 Å². The first-order valence-corrected chi connectivity index (χ1v) is 8.44. The van der Waals surface area contributed by atoms with E-state index in [4.69, 9.17) is 26.2 Å². The number of aliphatic carboxylic acids is 1. The number of nitriles is 1. The van der Waals surface area contributed by atoms with Crippen LogP contribution in [0, 0.1) is 18.3 Å². The summed E-state index contributed by atoms with van der Waals surface area (Å²) in [7, 11) is 1.40. The molecule has 0 saturated heterocycles. The fraction of sp³-hybridized carbons (Fsp3) is 0.150. The highest BCUT2D eigenvalue weighted by atomic mass is 35.5. The lowest BCUT2D eigenvalue weighted by Gasteiger charge is -2.10. The zero-order chi connectivity index (χ0) is 20.7. The summed E-state index contributed by atoms with van der Waals surface area (Å²) in [6, 6.07) is 11.6. The Morgan fingerprint density at radius 2 is 2.04 bits per heavy atom. The molecule has 0 aliphatic heterocycles. The Morgan fingerprint density at radius 1 is 1.29 bits per heavy atom. The number of amides is 1. The second kappa shape index (κ2) is 9.44.